The van der Waals surface area contributed by atoms with Gasteiger partial charge in [0, 0.05) is 0 Å². The number of hydrogen-bond donors (Lipinski definition) is 0. The number of hydrogen-bond acceptors (Lipinski definition) is 2. The van der Waals surface area contributed by atoms with Crippen molar-refractivity contribution in [2.24, 2.45) is 0 Å². The SMILES string of the molecule is O=C(C1=C=CC=C1)n1cnc2ccccc21. The predicted molar refractivity (Wildman–Crippen MR) is 61.1 cm³/mol. The minimum Gasteiger partial charge on any atom is -0.268 e. The highest BCUT2D eigenvalue weighted by molar-refractivity contribution is 6.02. The fourth-order valence-corrected chi connectivity index (χ4v) is 1.71. The minimum atomic E-state index is -0.0984. The first kappa shape index (κ1) is 8.89. The zero-order valence-electron chi connectivity index (χ0n) is 8.42. The van der Waals surface area contributed by atoms with Gasteiger partial charge in [0.25, 0.3) is 5.91 Å². The van der Waals surface area contributed by atoms with Crippen LogP contribution in [-0.2, 0) is 0 Å². The molecule has 0 amide bonds. The third-order valence-electron chi connectivity index (χ3n) is 2.50. The van der Waals surface area contributed by atoms with Crippen molar-refractivity contribution < 1.29 is 4.79 Å². The number of nitrogens with zero attached hydrogens (tertiary/aromatic N) is 2. The summed E-state index contributed by atoms with van der Waals surface area (Å²) in [5.41, 5.74) is 5.09. The van der Waals surface area contributed by atoms with Crippen molar-refractivity contribution in [3.05, 3.63) is 60.1 Å². The quantitative estimate of drug-likeness (QED) is 0.674. The first-order chi connectivity index (χ1) is 7.86. The lowest BCUT2D eigenvalue weighted by molar-refractivity contribution is 0.0964. The van der Waals surface area contributed by atoms with Crippen LogP contribution in [0.15, 0.2) is 60.1 Å². The van der Waals surface area contributed by atoms with Gasteiger partial charge in [0.2, 0.25) is 0 Å². The van der Waals surface area contributed by atoms with E-state index in [1.165, 1.54) is 0 Å². The van der Waals surface area contributed by atoms with E-state index < -0.39 is 0 Å². The molecule has 0 saturated heterocycles. The molecule has 2 aromatic rings. The Kier molecular flexibility index (Phi) is 1.85. The van der Waals surface area contributed by atoms with Gasteiger partial charge in [0.15, 0.2) is 0 Å². The predicted octanol–water partition coefficient (Wildman–Crippen LogP) is 2.33. The average molecular weight is 208 g/mol. The number of carbonyl (C=O) groups excluding carboxylic acids is 1. The Morgan fingerprint density at radius 2 is 2.19 bits per heavy atom. The highest BCUT2D eigenvalue weighted by atomic mass is 16.2. The van der Waals surface area contributed by atoms with Crippen LogP contribution in [0.25, 0.3) is 11.0 Å². The van der Waals surface area contributed by atoms with E-state index in [0.717, 1.165) is 11.0 Å². The second kappa shape index (κ2) is 3.33. The van der Waals surface area contributed by atoms with Crippen molar-refractivity contribution in [2.75, 3.05) is 0 Å². The zero-order chi connectivity index (χ0) is 11.0. The van der Waals surface area contributed by atoms with Gasteiger partial charge in [0.05, 0.1) is 16.6 Å². The first-order valence-electron chi connectivity index (χ1n) is 4.96. The van der Waals surface area contributed by atoms with Crippen molar-refractivity contribution in [3.63, 3.8) is 0 Å². The normalized spacial score (nSPS) is 13.4. The fraction of sp³-hybridized carbons (Fsp3) is 0. The van der Waals surface area contributed by atoms with Gasteiger partial charge >= 0.3 is 0 Å². The molecule has 0 bridgehead atoms. The van der Waals surface area contributed by atoms with E-state index in [1.807, 2.05) is 24.3 Å². The lowest BCUT2D eigenvalue weighted by atomic mass is 10.2. The third kappa shape index (κ3) is 1.23. The third-order valence-corrected chi connectivity index (χ3v) is 2.50. The second-order valence-corrected chi connectivity index (χ2v) is 3.49. The van der Waals surface area contributed by atoms with Crippen molar-refractivity contribution in [3.8, 4) is 0 Å². The maximum absolute atomic E-state index is 12.1. The van der Waals surface area contributed by atoms with Crippen LogP contribution in [-0.4, -0.2) is 15.5 Å². The molecule has 16 heavy (non-hydrogen) atoms. The molecule has 3 heteroatoms. The molecular formula is C13H8N2O. The Hall–Kier alpha value is -2.38. The Bertz CT molecular complexity index is 670. The molecule has 3 rings (SSSR count). The van der Waals surface area contributed by atoms with E-state index in [-0.39, 0.29) is 5.91 Å². The van der Waals surface area contributed by atoms with Gasteiger partial charge in [-0.15, -0.1) is 5.73 Å². The average Bonchev–Trinajstić information content (AvgIpc) is 2.98. The summed E-state index contributed by atoms with van der Waals surface area (Å²) >= 11 is 0. The van der Waals surface area contributed by atoms with Crippen LogP contribution in [0.2, 0.25) is 0 Å². The number of carbonyl (C=O) groups is 1. The molecule has 3 nitrogen and oxygen atoms in total. The van der Waals surface area contributed by atoms with Gasteiger partial charge in [-0.1, -0.05) is 18.2 Å². The van der Waals surface area contributed by atoms with E-state index in [0.29, 0.717) is 5.57 Å². The standard InChI is InChI=1S/C13H8N2O/c16-13(10-5-1-2-6-10)15-9-14-11-7-3-4-8-12(11)15/h1-5,7-9H. The summed E-state index contributed by atoms with van der Waals surface area (Å²) in [4.78, 5) is 16.3. The van der Waals surface area contributed by atoms with Crippen LogP contribution in [0.3, 0.4) is 0 Å². The van der Waals surface area contributed by atoms with Crippen LogP contribution in [0.4, 0.5) is 0 Å². The molecule has 1 aromatic carbocycles. The molecule has 0 aliphatic heterocycles. The van der Waals surface area contributed by atoms with Crippen molar-refractivity contribution >= 4 is 16.9 Å². The summed E-state index contributed by atoms with van der Waals surface area (Å²) < 4.78 is 1.54. The molecule has 1 aliphatic rings. The van der Waals surface area contributed by atoms with Crippen LogP contribution < -0.4 is 0 Å². The van der Waals surface area contributed by atoms with Gasteiger partial charge in [-0.3, -0.25) is 9.36 Å². The van der Waals surface area contributed by atoms with Crippen LogP contribution in [0, 0.1) is 0 Å². The number of aromatic nitrogens is 2. The topological polar surface area (TPSA) is 34.9 Å². The maximum atomic E-state index is 12.1. The fourth-order valence-electron chi connectivity index (χ4n) is 1.71. The number of imidazole rings is 1. The van der Waals surface area contributed by atoms with E-state index in [1.54, 1.807) is 29.1 Å². The number of fused-ring (bicyclic) bond motifs is 1. The molecule has 0 fully saturated rings. The van der Waals surface area contributed by atoms with Crippen LogP contribution in [0.1, 0.15) is 4.79 Å². The van der Waals surface area contributed by atoms with E-state index >= 15 is 0 Å². The van der Waals surface area contributed by atoms with Crippen LogP contribution in [0.5, 0.6) is 0 Å². The largest absolute Gasteiger partial charge is 0.271 e. The van der Waals surface area contributed by atoms with Crippen LogP contribution >= 0.6 is 0 Å². The van der Waals surface area contributed by atoms with Crippen molar-refractivity contribution in [2.45, 2.75) is 0 Å². The second-order valence-electron chi connectivity index (χ2n) is 3.49. The summed E-state index contributed by atoms with van der Waals surface area (Å²) in [6.45, 7) is 0. The van der Waals surface area contributed by atoms with Gasteiger partial charge < -0.3 is 0 Å². The Morgan fingerprint density at radius 1 is 1.31 bits per heavy atom. The smallest absolute Gasteiger partial charge is 0.268 e. The Balaban J connectivity index is 2.16. The van der Waals surface area contributed by atoms with Gasteiger partial charge in [-0.05, 0) is 24.3 Å². The number of rotatable bonds is 1. The molecule has 1 heterocycles. The number of allylic oxidation sites excluding steroid dienone is 3. The molecule has 1 aromatic heterocycles. The van der Waals surface area contributed by atoms with E-state index in [9.17, 15) is 4.79 Å². The van der Waals surface area contributed by atoms with E-state index in [4.69, 9.17) is 0 Å². The molecule has 0 unspecified atom stereocenters. The van der Waals surface area contributed by atoms with Gasteiger partial charge in [0.1, 0.15) is 6.33 Å². The molecule has 0 saturated carbocycles. The van der Waals surface area contributed by atoms with Crippen molar-refractivity contribution in [1.29, 1.82) is 0 Å². The monoisotopic (exact) mass is 208 g/mol. The summed E-state index contributed by atoms with van der Waals surface area (Å²) in [5, 5.41) is 0. The molecule has 76 valence electrons. The molecule has 0 radical (unpaired) electrons. The molecule has 0 N–H and O–H groups in total. The summed E-state index contributed by atoms with van der Waals surface area (Å²) in [6, 6.07) is 7.55. The molecular weight excluding hydrogens is 200 g/mol. The highest BCUT2D eigenvalue weighted by Crippen LogP contribution is 2.14. The molecule has 0 atom stereocenters. The molecule has 1 aliphatic carbocycles. The first-order valence-corrected chi connectivity index (χ1v) is 4.96. The minimum absolute atomic E-state index is 0.0984. The summed E-state index contributed by atoms with van der Waals surface area (Å²) in [6.07, 6.45) is 6.82. The molecule has 0 spiro atoms. The Labute approximate surface area is 92.0 Å². The number of benzene rings is 1. The highest BCUT2D eigenvalue weighted by Gasteiger charge is 2.13. The van der Waals surface area contributed by atoms with E-state index in [2.05, 4.69) is 10.7 Å². The van der Waals surface area contributed by atoms with Gasteiger partial charge in [-0.25, -0.2) is 4.98 Å². The Morgan fingerprint density at radius 3 is 3.00 bits per heavy atom. The summed E-state index contributed by atoms with van der Waals surface area (Å²) in [5.74, 6) is -0.0984. The van der Waals surface area contributed by atoms with Crippen molar-refractivity contribution in [1.82, 2.24) is 9.55 Å². The lowest BCUT2D eigenvalue weighted by Crippen LogP contribution is -2.09. The number of para-hydroxylation sites is 2. The zero-order valence-corrected chi connectivity index (χ0v) is 8.42. The lowest BCUT2D eigenvalue weighted by Gasteiger charge is -2.00. The maximum Gasteiger partial charge on any atom is 0.271 e. The van der Waals surface area contributed by atoms with Gasteiger partial charge in [-0.2, -0.15) is 0 Å². The summed E-state index contributed by atoms with van der Waals surface area (Å²) in [7, 11) is 0.